The Labute approximate surface area is 93.6 Å². The number of amidine groups is 1. The first-order valence-electron chi connectivity index (χ1n) is 5.35. The van der Waals surface area contributed by atoms with Gasteiger partial charge in [-0.2, -0.15) is 0 Å². The normalized spacial score (nSPS) is 15.5. The fourth-order valence-corrected chi connectivity index (χ4v) is 1.89. The monoisotopic (exact) mass is 212 g/mol. The molecule has 0 aromatic heterocycles. The van der Waals surface area contributed by atoms with Gasteiger partial charge in [-0.15, -0.1) is 0 Å². The molecule has 16 heavy (non-hydrogen) atoms. The van der Waals surface area contributed by atoms with Crippen molar-refractivity contribution in [3.05, 3.63) is 48.0 Å². The molecule has 3 heteroatoms. The molecule has 0 saturated carbocycles. The summed E-state index contributed by atoms with van der Waals surface area (Å²) in [5.41, 5.74) is 0.971. The molecule has 1 aliphatic rings. The van der Waals surface area contributed by atoms with Crippen molar-refractivity contribution in [2.75, 3.05) is 13.1 Å². The molecule has 1 N–H and O–H groups in total. The van der Waals surface area contributed by atoms with Gasteiger partial charge in [0, 0.05) is 18.7 Å². The Morgan fingerprint density at radius 2 is 1.81 bits per heavy atom. The standard InChI is InChI=1S/C13H12N2O/c16-14-13(15-7-8-15)12-6-5-10-3-1-2-4-11(10)9-12/h1-6,9,16H,7-8H2. The second-order valence-electron chi connectivity index (χ2n) is 3.97. The highest BCUT2D eigenvalue weighted by atomic mass is 16.4. The molecule has 0 radical (unpaired) electrons. The highest BCUT2D eigenvalue weighted by molar-refractivity contribution is 6.02. The van der Waals surface area contributed by atoms with Crippen LogP contribution >= 0.6 is 0 Å². The first-order chi connectivity index (χ1) is 7.88. The number of nitrogens with zero attached hydrogens (tertiary/aromatic N) is 2. The Hall–Kier alpha value is -2.03. The fourth-order valence-electron chi connectivity index (χ4n) is 1.89. The SMILES string of the molecule is ON=C(c1ccc2ccccc2c1)N1CC1. The van der Waals surface area contributed by atoms with Crippen LogP contribution in [0, 0.1) is 0 Å². The lowest BCUT2D eigenvalue weighted by Gasteiger charge is -2.06. The van der Waals surface area contributed by atoms with Crippen molar-refractivity contribution >= 4 is 16.6 Å². The van der Waals surface area contributed by atoms with E-state index in [9.17, 15) is 0 Å². The Morgan fingerprint density at radius 3 is 2.50 bits per heavy atom. The minimum Gasteiger partial charge on any atom is -0.409 e. The van der Waals surface area contributed by atoms with Crippen molar-refractivity contribution in [3.63, 3.8) is 0 Å². The van der Waals surface area contributed by atoms with Gasteiger partial charge in [0.1, 0.15) is 0 Å². The molecule has 0 amide bonds. The number of hydrogen-bond acceptors (Lipinski definition) is 2. The van der Waals surface area contributed by atoms with Gasteiger partial charge in [-0.25, -0.2) is 0 Å². The summed E-state index contributed by atoms with van der Waals surface area (Å²) >= 11 is 0. The van der Waals surface area contributed by atoms with E-state index in [2.05, 4.69) is 29.4 Å². The molecule has 3 nitrogen and oxygen atoms in total. The average Bonchev–Trinajstić information content (AvgIpc) is 3.14. The number of rotatable bonds is 1. The van der Waals surface area contributed by atoms with Gasteiger partial charge < -0.3 is 10.1 Å². The Balaban J connectivity index is 2.10. The van der Waals surface area contributed by atoms with Gasteiger partial charge in [0.15, 0.2) is 5.84 Å². The van der Waals surface area contributed by atoms with Crippen LogP contribution in [0.3, 0.4) is 0 Å². The quantitative estimate of drug-likeness (QED) is 0.259. The Morgan fingerprint density at radius 1 is 1.06 bits per heavy atom. The number of oxime groups is 1. The molecule has 0 bridgehead atoms. The minimum absolute atomic E-state index is 0.672. The lowest BCUT2D eigenvalue weighted by molar-refractivity contribution is 0.314. The van der Waals surface area contributed by atoms with Crippen molar-refractivity contribution in [2.45, 2.75) is 0 Å². The number of hydrogen-bond donors (Lipinski definition) is 1. The van der Waals surface area contributed by atoms with Gasteiger partial charge in [-0.05, 0) is 16.8 Å². The summed E-state index contributed by atoms with van der Waals surface area (Å²) in [6, 6.07) is 14.3. The van der Waals surface area contributed by atoms with Crippen LogP contribution in [0.4, 0.5) is 0 Å². The summed E-state index contributed by atoms with van der Waals surface area (Å²) < 4.78 is 0. The zero-order valence-corrected chi connectivity index (χ0v) is 8.80. The van der Waals surface area contributed by atoms with Gasteiger partial charge in [-0.1, -0.05) is 41.6 Å². The third kappa shape index (κ3) is 1.50. The van der Waals surface area contributed by atoms with Crippen LogP contribution in [0.15, 0.2) is 47.6 Å². The van der Waals surface area contributed by atoms with Crippen LogP contribution in [0.5, 0.6) is 0 Å². The molecule has 1 aliphatic heterocycles. The van der Waals surface area contributed by atoms with Gasteiger partial charge in [0.05, 0.1) is 0 Å². The van der Waals surface area contributed by atoms with Crippen LogP contribution in [-0.2, 0) is 0 Å². The molecule has 3 rings (SSSR count). The average molecular weight is 212 g/mol. The summed E-state index contributed by atoms with van der Waals surface area (Å²) in [6.45, 7) is 1.96. The molecule has 1 fully saturated rings. The van der Waals surface area contributed by atoms with Gasteiger partial charge in [-0.3, -0.25) is 0 Å². The smallest absolute Gasteiger partial charge is 0.175 e. The predicted molar refractivity (Wildman–Crippen MR) is 63.8 cm³/mol. The zero-order valence-electron chi connectivity index (χ0n) is 8.80. The third-order valence-electron chi connectivity index (χ3n) is 2.85. The van der Waals surface area contributed by atoms with Crippen LogP contribution < -0.4 is 0 Å². The van der Waals surface area contributed by atoms with E-state index in [4.69, 9.17) is 5.21 Å². The highest BCUT2D eigenvalue weighted by Gasteiger charge is 2.23. The van der Waals surface area contributed by atoms with E-state index >= 15 is 0 Å². The van der Waals surface area contributed by atoms with E-state index in [0.717, 1.165) is 18.7 Å². The lowest BCUT2D eigenvalue weighted by atomic mass is 10.1. The van der Waals surface area contributed by atoms with E-state index in [0.29, 0.717) is 5.84 Å². The first-order valence-corrected chi connectivity index (χ1v) is 5.35. The molecule has 0 atom stereocenters. The predicted octanol–water partition coefficient (Wildman–Crippen LogP) is 2.29. The Bertz CT molecular complexity index is 559. The zero-order chi connectivity index (χ0) is 11.0. The van der Waals surface area contributed by atoms with Crippen LogP contribution in [0.1, 0.15) is 5.56 Å². The van der Waals surface area contributed by atoms with Crippen molar-refractivity contribution in [3.8, 4) is 0 Å². The molecule has 80 valence electrons. The molecule has 1 heterocycles. The molecule has 2 aromatic carbocycles. The number of benzene rings is 2. The Kier molecular flexibility index (Phi) is 2.03. The van der Waals surface area contributed by atoms with E-state index < -0.39 is 0 Å². The molecule has 2 aromatic rings. The van der Waals surface area contributed by atoms with Crippen LogP contribution in [-0.4, -0.2) is 29.0 Å². The molecule has 0 aliphatic carbocycles. The summed E-state index contributed by atoms with van der Waals surface area (Å²) in [4.78, 5) is 2.03. The van der Waals surface area contributed by atoms with E-state index in [1.807, 2.05) is 23.1 Å². The second-order valence-corrected chi connectivity index (χ2v) is 3.97. The highest BCUT2D eigenvalue weighted by Crippen LogP contribution is 2.19. The second kappa shape index (κ2) is 3.52. The summed E-state index contributed by atoms with van der Waals surface area (Å²) in [6.07, 6.45) is 0. The maximum absolute atomic E-state index is 9.01. The third-order valence-corrected chi connectivity index (χ3v) is 2.85. The van der Waals surface area contributed by atoms with Gasteiger partial charge in [0.2, 0.25) is 0 Å². The van der Waals surface area contributed by atoms with Crippen molar-refractivity contribution in [2.24, 2.45) is 5.16 Å². The maximum Gasteiger partial charge on any atom is 0.175 e. The summed E-state index contributed by atoms with van der Waals surface area (Å²) in [5, 5.41) is 14.8. The van der Waals surface area contributed by atoms with Gasteiger partial charge in [0.25, 0.3) is 0 Å². The minimum atomic E-state index is 0.672. The van der Waals surface area contributed by atoms with E-state index in [-0.39, 0.29) is 0 Å². The van der Waals surface area contributed by atoms with Crippen molar-refractivity contribution < 1.29 is 5.21 Å². The largest absolute Gasteiger partial charge is 0.409 e. The number of fused-ring (bicyclic) bond motifs is 1. The summed E-state index contributed by atoms with van der Waals surface area (Å²) in [7, 11) is 0. The fraction of sp³-hybridized carbons (Fsp3) is 0.154. The lowest BCUT2D eigenvalue weighted by Crippen LogP contribution is -2.12. The van der Waals surface area contributed by atoms with Crippen LogP contribution in [0.2, 0.25) is 0 Å². The maximum atomic E-state index is 9.01. The molecule has 0 spiro atoms. The molecular weight excluding hydrogens is 200 g/mol. The van der Waals surface area contributed by atoms with E-state index in [1.54, 1.807) is 0 Å². The van der Waals surface area contributed by atoms with Crippen molar-refractivity contribution in [1.29, 1.82) is 0 Å². The molecule has 1 saturated heterocycles. The van der Waals surface area contributed by atoms with Crippen molar-refractivity contribution in [1.82, 2.24) is 4.90 Å². The van der Waals surface area contributed by atoms with Crippen LogP contribution in [0.25, 0.3) is 10.8 Å². The molecular formula is C13H12N2O. The first kappa shape index (κ1) is 9.21. The van der Waals surface area contributed by atoms with Gasteiger partial charge >= 0.3 is 0 Å². The summed E-state index contributed by atoms with van der Waals surface area (Å²) in [5.74, 6) is 0.672. The molecule has 0 unspecified atom stereocenters. The van der Waals surface area contributed by atoms with E-state index in [1.165, 1.54) is 10.8 Å². The topological polar surface area (TPSA) is 35.6 Å².